The number of carbonyl (C=O) groups excluding carboxylic acids is 1. The monoisotopic (exact) mass is 487 g/mol. The highest BCUT2D eigenvalue weighted by atomic mass is 16.1. The number of aromatic nitrogens is 1. The van der Waals surface area contributed by atoms with Crippen LogP contribution in [0.15, 0.2) is 66.4 Å². The van der Waals surface area contributed by atoms with Gasteiger partial charge in [0.1, 0.15) is 12.1 Å². The van der Waals surface area contributed by atoms with E-state index >= 15 is 0 Å². The number of nitrogens with one attached hydrogen (secondary N) is 1. The Morgan fingerprint density at radius 3 is 2.56 bits per heavy atom. The molecule has 0 spiro atoms. The topological polar surface area (TPSA) is 45.2 Å². The number of pyridine rings is 1. The molecule has 0 atom stereocenters. The number of hydrogen-bond donors (Lipinski definition) is 1. The average Bonchev–Trinajstić information content (AvgIpc) is 2.87. The Bertz CT molecular complexity index is 1050. The molecular weight excluding hydrogens is 442 g/mol. The van der Waals surface area contributed by atoms with Gasteiger partial charge in [0.15, 0.2) is 0 Å². The summed E-state index contributed by atoms with van der Waals surface area (Å²) in [4.78, 5) is 16.0. The van der Waals surface area contributed by atoms with Crippen molar-refractivity contribution in [2.75, 3.05) is 18.5 Å². The van der Waals surface area contributed by atoms with Crippen LogP contribution in [0.3, 0.4) is 0 Å². The van der Waals surface area contributed by atoms with Crippen LogP contribution in [0, 0.1) is 13.8 Å². The van der Waals surface area contributed by atoms with Crippen LogP contribution in [0.5, 0.6) is 0 Å². The minimum atomic E-state index is 0.750. The Morgan fingerprint density at radius 2 is 1.92 bits per heavy atom. The number of benzene rings is 1. The van der Waals surface area contributed by atoms with Crippen molar-refractivity contribution in [2.24, 2.45) is 0 Å². The largest absolute Gasteiger partial charge is 0.385 e. The molecule has 2 aliphatic rings. The summed E-state index contributed by atoms with van der Waals surface area (Å²) in [6.45, 7) is 14.0. The maximum atomic E-state index is 8.81. The van der Waals surface area contributed by atoms with Crippen molar-refractivity contribution in [1.29, 1.82) is 0 Å². The van der Waals surface area contributed by atoms with E-state index in [0.29, 0.717) is 0 Å². The molecule has 0 saturated heterocycles. The van der Waals surface area contributed by atoms with Gasteiger partial charge in [-0.1, -0.05) is 54.6 Å². The lowest BCUT2D eigenvalue weighted by Crippen LogP contribution is -2.26. The summed E-state index contributed by atoms with van der Waals surface area (Å²) >= 11 is 0. The van der Waals surface area contributed by atoms with Gasteiger partial charge in [0.25, 0.3) is 0 Å². The zero-order valence-electron chi connectivity index (χ0n) is 23.1. The van der Waals surface area contributed by atoms with Crippen molar-refractivity contribution in [1.82, 2.24) is 10.3 Å². The van der Waals surface area contributed by atoms with Crippen LogP contribution in [0.1, 0.15) is 73.9 Å². The normalized spacial score (nSPS) is 13.8. The maximum Gasteiger partial charge on any atom is 0.131 e. The Kier molecular flexibility index (Phi) is 12.7. The lowest BCUT2D eigenvalue weighted by molar-refractivity contribution is -0.106. The molecule has 2 heterocycles. The molecule has 2 aromatic rings. The van der Waals surface area contributed by atoms with Gasteiger partial charge in [-0.25, -0.2) is 4.98 Å². The van der Waals surface area contributed by atoms with Gasteiger partial charge in [0.05, 0.1) is 0 Å². The number of aldehydes is 1. The fourth-order valence-electron chi connectivity index (χ4n) is 4.25. The Balaban J connectivity index is 0.000000383. The third-order valence-corrected chi connectivity index (χ3v) is 6.52. The summed E-state index contributed by atoms with van der Waals surface area (Å²) in [6, 6.07) is 11.1. The van der Waals surface area contributed by atoms with Gasteiger partial charge in [-0.3, -0.25) is 0 Å². The molecule has 0 radical (unpaired) electrons. The zero-order valence-corrected chi connectivity index (χ0v) is 23.1. The smallest absolute Gasteiger partial charge is 0.131 e. The van der Waals surface area contributed by atoms with Crippen molar-refractivity contribution in [3.8, 4) is 0 Å². The quantitative estimate of drug-likeness (QED) is 0.420. The second-order valence-corrected chi connectivity index (χ2v) is 9.70. The molecule has 1 aliphatic carbocycles. The second-order valence-electron chi connectivity index (χ2n) is 9.70. The highest BCUT2D eigenvalue weighted by Gasteiger charge is 2.15. The summed E-state index contributed by atoms with van der Waals surface area (Å²) in [6.07, 6.45) is 15.3. The molecule has 0 amide bonds. The fraction of sp³-hybridized carbons (Fsp3) is 0.438. The van der Waals surface area contributed by atoms with Gasteiger partial charge in [0, 0.05) is 31.5 Å². The van der Waals surface area contributed by atoms with Gasteiger partial charge < -0.3 is 15.0 Å². The predicted molar refractivity (Wildman–Crippen MR) is 155 cm³/mol. The van der Waals surface area contributed by atoms with Crippen LogP contribution in [0.4, 0.5) is 5.82 Å². The summed E-state index contributed by atoms with van der Waals surface area (Å²) < 4.78 is 0. The average molecular weight is 488 g/mol. The second kappa shape index (κ2) is 15.8. The third-order valence-electron chi connectivity index (χ3n) is 6.52. The van der Waals surface area contributed by atoms with E-state index in [4.69, 9.17) is 9.78 Å². The maximum absolute atomic E-state index is 8.81. The van der Waals surface area contributed by atoms with Crippen LogP contribution >= 0.6 is 0 Å². The van der Waals surface area contributed by atoms with Gasteiger partial charge >= 0.3 is 0 Å². The molecule has 4 nitrogen and oxygen atoms in total. The van der Waals surface area contributed by atoms with Crippen molar-refractivity contribution in [3.05, 3.63) is 94.4 Å². The lowest BCUT2D eigenvalue weighted by Gasteiger charge is -2.26. The molecule has 1 aromatic carbocycles. The summed E-state index contributed by atoms with van der Waals surface area (Å²) in [7, 11) is 2.15. The molecule has 0 unspecified atom stereocenters. The summed E-state index contributed by atoms with van der Waals surface area (Å²) in [5, 5.41) is 3.47. The molecule has 0 saturated carbocycles. The molecule has 1 aliphatic heterocycles. The summed E-state index contributed by atoms with van der Waals surface area (Å²) in [5.41, 5.74) is 9.11. The molecule has 4 rings (SSSR count). The number of aryl methyl sites for hydroxylation is 4. The van der Waals surface area contributed by atoms with Crippen LogP contribution in [0.2, 0.25) is 0 Å². The number of nitrogens with zero attached hydrogens (tertiary/aromatic N) is 2. The minimum absolute atomic E-state index is 0.750. The summed E-state index contributed by atoms with van der Waals surface area (Å²) in [5.74, 6) is 1.18. The number of carbonyl (C=O) groups is 1. The SMILES string of the molecule is C=C(CCCc1ccc2c(n1)N(C)CCC2)NCc1ccc(C)c(C)c1.CC1=CCCC=C1.CC=O. The van der Waals surface area contributed by atoms with Crippen LogP contribution < -0.4 is 10.2 Å². The Morgan fingerprint density at radius 1 is 1.14 bits per heavy atom. The first-order valence-corrected chi connectivity index (χ1v) is 13.2. The highest BCUT2D eigenvalue weighted by molar-refractivity contribution is 5.49. The van der Waals surface area contributed by atoms with Crippen LogP contribution in [0.25, 0.3) is 0 Å². The van der Waals surface area contributed by atoms with Crippen molar-refractivity contribution < 1.29 is 4.79 Å². The van der Waals surface area contributed by atoms with E-state index in [1.807, 2.05) is 0 Å². The molecule has 36 heavy (non-hydrogen) atoms. The number of fused-ring (bicyclic) bond motifs is 1. The van der Waals surface area contributed by atoms with Gasteiger partial charge in [0.2, 0.25) is 0 Å². The number of hydrogen-bond acceptors (Lipinski definition) is 4. The van der Waals surface area contributed by atoms with Gasteiger partial charge in [-0.05, 0) is 101 Å². The van der Waals surface area contributed by atoms with Crippen molar-refractivity contribution in [2.45, 2.75) is 79.2 Å². The highest BCUT2D eigenvalue weighted by Crippen LogP contribution is 2.24. The van der Waals surface area contributed by atoms with E-state index in [2.05, 4.69) is 93.2 Å². The minimum Gasteiger partial charge on any atom is -0.385 e. The molecule has 0 fully saturated rings. The van der Waals surface area contributed by atoms with E-state index in [0.717, 1.165) is 50.8 Å². The van der Waals surface area contributed by atoms with E-state index in [1.54, 1.807) is 0 Å². The van der Waals surface area contributed by atoms with Crippen molar-refractivity contribution >= 4 is 12.1 Å². The fourth-order valence-corrected chi connectivity index (χ4v) is 4.25. The first kappa shape index (κ1) is 29.1. The van der Waals surface area contributed by atoms with E-state index < -0.39 is 0 Å². The Hall–Kier alpha value is -3.14. The number of rotatable bonds is 7. The van der Waals surface area contributed by atoms with E-state index in [9.17, 15) is 0 Å². The predicted octanol–water partition coefficient (Wildman–Crippen LogP) is 7.19. The van der Waals surface area contributed by atoms with Crippen LogP contribution in [-0.2, 0) is 24.2 Å². The third kappa shape index (κ3) is 10.2. The van der Waals surface area contributed by atoms with Crippen molar-refractivity contribution in [3.63, 3.8) is 0 Å². The molecule has 1 aromatic heterocycles. The zero-order chi connectivity index (χ0) is 26.3. The number of allylic oxidation sites excluding steroid dienone is 5. The van der Waals surface area contributed by atoms with E-state index in [-0.39, 0.29) is 0 Å². The van der Waals surface area contributed by atoms with E-state index in [1.165, 1.54) is 65.5 Å². The molecule has 194 valence electrons. The molecule has 4 heteroatoms. The molecular formula is C32H45N3O. The standard InChI is InChI=1S/C23H31N3.C7H10.C2H4O/c1-17-10-11-20(15-18(17)2)16-24-19(3)7-5-9-22-13-12-21-8-6-14-26(4)23(21)25-22;1-7-5-3-2-4-6-7;1-2-3/h10-13,15,24H,3,5-9,14,16H2,1-2,4H3;3,5-6H,2,4H2,1H3;2H,1H3. The van der Waals surface area contributed by atoms with Crippen LogP contribution in [-0.4, -0.2) is 24.9 Å². The lowest BCUT2D eigenvalue weighted by atomic mass is 10.0. The first-order chi connectivity index (χ1) is 17.3. The number of anilines is 1. The molecule has 1 N–H and O–H groups in total. The first-order valence-electron chi connectivity index (χ1n) is 13.2. The van der Waals surface area contributed by atoms with Gasteiger partial charge in [-0.15, -0.1) is 0 Å². The Labute approximate surface area is 219 Å². The van der Waals surface area contributed by atoms with Gasteiger partial charge in [-0.2, -0.15) is 0 Å². The molecule has 0 bridgehead atoms.